The van der Waals surface area contributed by atoms with Crippen molar-refractivity contribution in [2.75, 3.05) is 12.3 Å². The van der Waals surface area contributed by atoms with E-state index in [0.717, 1.165) is 9.79 Å². The van der Waals surface area contributed by atoms with Crippen LogP contribution in [0.2, 0.25) is 0 Å². The Morgan fingerprint density at radius 3 is 2.62 bits per heavy atom. The first-order valence-electron chi connectivity index (χ1n) is 8.06. The van der Waals surface area contributed by atoms with Crippen LogP contribution in [0.1, 0.15) is 6.23 Å². The maximum absolute atomic E-state index is 10.4. The van der Waals surface area contributed by atoms with Gasteiger partial charge >= 0.3 is 0 Å². The summed E-state index contributed by atoms with van der Waals surface area (Å²) in [5, 5.41) is 30.4. The highest BCUT2D eigenvalue weighted by molar-refractivity contribution is 7.99. The van der Waals surface area contributed by atoms with Crippen molar-refractivity contribution in [2.45, 2.75) is 34.3 Å². The molecule has 0 amide bonds. The summed E-state index contributed by atoms with van der Waals surface area (Å²) in [6.07, 6.45) is -1.03. The number of anilines is 1. The molecule has 0 spiro atoms. The Kier molecular flexibility index (Phi) is 4.55. The van der Waals surface area contributed by atoms with Gasteiger partial charge in [0.2, 0.25) is 0 Å². The number of rotatable bonds is 4. The van der Waals surface area contributed by atoms with Crippen LogP contribution in [-0.4, -0.2) is 54.8 Å². The third kappa shape index (κ3) is 2.83. The second kappa shape index (κ2) is 6.86. The van der Waals surface area contributed by atoms with E-state index in [9.17, 15) is 15.3 Å². The van der Waals surface area contributed by atoms with Gasteiger partial charge in [0, 0.05) is 16.0 Å². The van der Waals surface area contributed by atoms with Crippen molar-refractivity contribution in [1.82, 2.24) is 14.5 Å². The molecule has 1 fully saturated rings. The lowest BCUT2D eigenvalue weighted by Crippen LogP contribution is -2.33. The van der Waals surface area contributed by atoms with Crippen LogP contribution in [0.5, 0.6) is 0 Å². The van der Waals surface area contributed by atoms with E-state index in [2.05, 4.69) is 9.97 Å². The molecule has 0 bridgehead atoms. The average molecular weight is 374 g/mol. The topological polar surface area (TPSA) is 127 Å². The highest BCUT2D eigenvalue weighted by Crippen LogP contribution is 2.40. The summed E-state index contributed by atoms with van der Waals surface area (Å²) in [5.74, 6) is 0.318. The number of nitrogens with two attached hydrogens (primary N) is 1. The molecule has 0 saturated carbocycles. The molecule has 136 valence electrons. The highest BCUT2D eigenvalue weighted by atomic mass is 32.2. The summed E-state index contributed by atoms with van der Waals surface area (Å²) in [7, 11) is 0. The number of hydrogen-bond donors (Lipinski definition) is 4. The Morgan fingerprint density at radius 2 is 1.92 bits per heavy atom. The molecule has 0 aliphatic carbocycles. The third-order valence-corrected chi connectivity index (χ3v) is 5.40. The van der Waals surface area contributed by atoms with Crippen molar-refractivity contribution in [3.63, 3.8) is 0 Å². The zero-order chi connectivity index (χ0) is 18.3. The van der Waals surface area contributed by atoms with Gasteiger partial charge in [0.15, 0.2) is 6.23 Å². The molecular formula is C17H18N4O4S. The smallest absolute Gasteiger partial charge is 0.164 e. The molecule has 1 aromatic carbocycles. The molecule has 1 aliphatic rings. The van der Waals surface area contributed by atoms with E-state index in [-0.39, 0.29) is 0 Å². The van der Waals surface area contributed by atoms with Crippen LogP contribution >= 0.6 is 11.8 Å². The lowest BCUT2D eigenvalue weighted by Gasteiger charge is -2.17. The maximum atomic E-state index is 10.4. The molecule has 0 unspecified atom stereocenters. The summed E-state index contributed by atoms with van der Waals surface area (Å²) in [6.45, 7) is -0.392. The molecule has 4 atom stereocenters. The number of aliphatic hydroxyl groups excluding tert-OH is 3. The Bertz CT molecular complexity index is 920. The second-order valence-corrected chi connectivity index (χ2v) is 7.12. The van der Waals surface area contributed by atoms with Gasteiger partial charge in [0.1, 0.15) is 36.1 Å². The predicted octanol–water partition coefficient (Wildman–Crippen LogP) is 0.776. The lowest BCUT2D eigenvalue weighted by molar-refractivity contribution is -0.0510. The van der Waals surface area contributed by atoms with Gasteiger partial charge in [-0.15, -0.1) is 0 Å². The van der Waals surface area contributed by atoms with Crippen LogP contribution in [0.15, 0.2) is 52.6 Å². The van der Waals surface area contributed by atoms with Gasteiger partial charge in [-0.3, -0.25) is 0 Å². The lowest BCUT2D eigenvalue weighted by atomic mass is 10.1. The third-order valence-electron chi connectivity index (χ3n) is 4.37. The number of fused-ring (bicyclic) bond motifs is 1. The van der Waals surface area contributed by atoms with E-state index in [1.165, 1.54) is 18.1 Å². The standard InChI is InChI=1S/C17H18N4O4S/c18-15-12-11(26-9-4-2-1-3-5-9)6-21(16(12)20-8-19-15)17-14(24)13(23)10(7-22)25-17/h1-6,8,10,13-14,17,22-24H,7H2,(H2,18,19,20)/t10-,13-,14-,17-/m1/s1. The van der Waals surface area contributed by atoms with Crippen molar-refractivity contribution in [2.24, 2.45) is 0 Å². The number of nitrogens with zero attached hydrogens (tertiary/aromatic N) is 3. The minimum Gasteiger partial charge on any atom is -0.394 e. The number of ether oxygens (including phenoxy) is 1. The Labute approximate surface area is 153 Å². The van der Waals surface area contributed by atoms with E-state index in [0.29, 0.717) is 16.9 Å². The molecule has 5 N–H and O–H groups in total. The van der Waals surface area contributed by atoms with Crippen molar-refractivity contribution >= 4 is 28.6 Å². The van der Waals surface area contributed by atoms with Crippen LogP contribution in [0.25, 0.3) is 11.0 Å². The molecule has 3 aromatic rings. The minimum absolute atomic E-state index is 0.318. The molecule has 8 nitrogen and oxygen atoms in total. The normalized spacial score (nSPS) is 25.8. The fraction of sp³-hybridized carbons (Fsp3) is 0.294. The predicted molar refractivity (Wildman–Crippen MR) is 95.5 cm³/mol. The number of aromatic nitrogens is 3. The minimum atomic E-state index is -1.20. The highest BCUT2D eigenvalue weighted by Gasteiger charge is 2.44. The van der Waals surface area contributed by atoms with Crippen LogP contribution in [0, 0.1) is 0 Å². The van der Waals surface area contributed by atoms with E-state index in [4.69, 9.17) is 10.5 Å². The summed E-state index contributed by atoms with van der Waals surface area (Å²) >= 11 is 1.49. The number of benzene rings is 1. The van der Waals surface area contributed by atoms with E-state index in [1.807, 2.05) is 30.3 Å². The molecule has 2 aromatic heterocycles. The van der Waals surface area contributed by atoms with Crippen molar-refractivity contribution in [1.29, 1.82) is 0 Å². The van der Waals surface area contributed by atoms with Crippen molar-refractivity contribution in [3.05, 3.63) is 42.9 Å². The van der Waals surface area contributed by atoms with Gasteiger partial charge in [-0.25, -0.2) is 9.97 Å². The van der Waals surface area contributed by atoms with Gasteiger partial charge in [0.25, 0.3) is 0 Å². The van der Waals surface area contributed by atoms with Crippen LogP contribution < -0.4 is 5.73 Å². The van der Waals surface area contributed by atoms with Crippen molar-refractivity contribution < 1.29 is 20.1 Å². The first-order valence-corrected chi connectivity index (χ1v) is 8.88. The number of nitrogen functional groups attached to an aromatic ring is 1. The van der Waals surface area contributed by atoms with Gasteiger partial charge in [0.05, 0.1) is 12.0 Å². The molecule has 26 heavy (non-hydrogen) atoms. The van der Waals surface area contributed by atoms with Gasteiger partial charge < -0.3 is 30.4 Å². The fourth-order valence-electron chi connectivity index (χ4n) is 3.07. The Hall–Kier alpha value is -2.17. The summed E-state index contributed by atoms with van der Waals surface area (Å²) < 4.78 is 7.26. The molecule has 4 rings (SSSR count). The summed E-state index contributed by atoms with van der Waals surface area (Å²) in [6, 6.07) is 9.76. The van der Waals surface area contributed by atoms with Gasteiger partial charge in [-0.1, -0.05) is 30.0 Å². The summed E-state index contributed by atoms with van der Waals surface area (Å²) in [4.78, 5) is 10.2. The number of hydrogen-bond acceptors (Lipinski definition) is 8. The molecule has 3 heterocycles. The molecule has 9 heteroatoms. The van der Waals surface area contributed by atoms with Gasteiger partial charge in [-0.2, -0.15) is 0 Å². The number of aliphatic hydroxyl groups is 3. The Morgan fingerprint density at radius 1 is 1.15 bits per heavy atom. The SMILES string of the molecule is Nc1ncnc2c1c(Sc1ccccc1)cn2[C@@H]1O[C@H](CO)[C@@H](O)[C@H]1O. The van der Waals surface area contributed by atoms with Gasteiger partial charge in [-0.05, 0) is 12.1 Å². The fourth-order valence-corrected chi connectivity index (χ4v) is 4.08. The second-order valence-electron chi connectivity index (χ2n) is 6.00. The van der Waals surface area contributed by atoms with Crippen molar-refractivity contribution in [3.8, 4) is 0 Å². The zero-order valence-electron chi connectivity index (χ0n) is 13.6. The Balaban J connectivity index is 1.80. The molecule has 1 aliphatic heterocycles. The monoisotopic (exact) mass is 374 g/mol. The van der Waals surface area contributed by atoms with E-state index >= 15 is 0 Å². The molecule has 0 radical (unpaired) electrons. The van der Waals surface area contributed by atoms with E-state index < -0.39 is 31.1 Å². The van der Waals surface area contributed by atoms with E-state index in [1.54, 1.807) is 10.8 Å². The average Bonchev–Trinajstić information content (AvgIpc) is 3.15. The van der Waals surface area contributed by atoms with Crippen LogP contribution in [-0.2, 0) is 4.74 Å². The molecular weight excluding hydrogens is 356 g/mol. The zero-order valence-corrected chi connectivity index (χ0v) is 14.5. The molecule has 1 saturated heterocycles. The maximum Gasteiger partial charge on any atom is 0.164 e. The van der Waals surface area contributed by atoms with Crippen LogP contribution in [0.3, 0.4) is 0 Å². The van der Waals surface area contributed by atoms with Crippen LogP contribution in [0.4, 0.5) is 5.82 Å². The first kappa shape index (κ1) is 17.3. The quantitative estimate of drug-likeness (QED) is 0.528. The largest absolute Gasteiger partial charge is 0.394 e. The first-order chi connectivity index (χ1) is 12.6. The summed E-state index contributed by atoms with van der Waals surface area (Å²) in [5.41, 5.74) is 6.56.